The molecule has 0 spiro atoms. The Bertz CT molecular complexity index is 19.5. The topological polar surface area (TPSA) is 12.0 Å². The predicted molar refractivity (Wildman–Crippen MR) is 31.7 cm³/mol. The molecule has 0 aromatic carbocycles. The van der Waals surface area contributed by atoms with Gasteiger partial charge in [0.15, 0.2) is 0 Å². The molecule has 37 valence electrons. The monoisotopic (exact) mass is 104 g/mol. The zero-order chi connectivity index (χ0) is 4.83. The van der Waals surface area contributed by atoms with Gasteiger partial charge in [-0.2, -0.15) is 0 Å². The molecule has 6 heavy (non-hydrogen) atoms. The standard InChI is InChI=1S/C4H10NS/c1-3-6-4-5-2/h5H,1,3-4H2,2H3. The maximum Gasteiger partial charge on any atom is 0.0415 e. The lowest BCUT2D eigenvalue weighted by molar-refractivity contribution is 0.983. The van der Waals surface area contributed by atoms with Crippen molar-refractivity contribution in [1.29, 1.82) is 0 Å². The lowest BCUT2D eigenvalue weighted by atomic mass is 11.0. The van der Waals surface area contributed by atoms with Crippen LogP contribution in [0.2, 0.25) is 0 Å². The quantitative estimate of drug-likeness (QED) is 0.418. The van der Waals surface area contributed by atoms with Crippen LogP contribution in [-0.2, 0) is 0 Å². The van der Waals surface area contributed by atoms with Crippen molar-refractivity contribution in [3.05, 3.63) is 6.92 Å². The second-order valence-corrected chi connectivity index (χ2v) is 2.01. The molecule has 2 heteroatoms. The van der Waals surface area contributed by atoms with Crippen molar-refractivity contribution in [2.24, 2.45) is 0 Å². The first kappa shape index (κ1) is 6.31. The molecule has 1 N–H and O–H groups in total. The average Bonchev–Trinajstić information content (AvgIpc) is 1.61. The molecule has 0 aliphatic carbocycles. The molecule has 0 atom stereocenters. The van der Waals surface area contributed by atoms with Gasteiger partial charge in [0.25, 0.3) is 0 Å². The van der Waals surface area contributed by atoms with Crippen molar-refractivity contribution in [2.75, 3.05) is 18.7 Å². The van der Waals surface area contributed by atoms with E-state index in [1.807, 2.05) is 7.05 Å². The van der Waals surface area contributed by atoms with Gasteiger partial charge in [0.1, 0.15) is 0 Å². The van der Waals surface area contributed by atoms with Crippen LogP contribution in [0.1, 0.15) is 0 Å². The van der Waals surface area contributed by atoms with Crippen LogP contribution >= 0.6 is 11.8 Å². The Morgan fingerprint density at radius 1 is 1.83 bits per heavy atom. The van der Waals surface area contributed by atoms with Crippen LogP contribution in [0.25, 0.3) is 0 Å². The third-order valence-corrected chi connectivity index (χ3v) is 1.17. The van der Waals surface area contributed by atoms with E-state index in [2.05, 4.69) is 12.2 Å². The van der Waals surface area contributed by atoms with Crippen molar-refractivity contribution >= 4 is 11.8 Å². The zero-order valence-electron chi connectivity index (χ0n) is 4.03. The van der Waals surface area contributed by atoms with Gasteiger partial charge in [-0.1, -0.05) is 0 Å². The lowest BCUT2D eigenvalue weighted by Gasteiger charge is -1.90. The summed E-state index contributed by atoms with van der Waals surface area (Å²) in [6, 6.07) is 0. The van der Waals surface area contributed by atoms with Gasteiger partial charge in [0.05, 0.1) is 0 Å². The summed E-state index contributed by atoms with van der Waals surface area (Å²) >= 11 is 1.79. The van der Waals surface area contributed by atoms with E-state index in [0.717, 1.165) is 11.6 Å². The van der Waals surface area contributed by atoms with Crippen LogP contribution in [0, 0.1) is 6.92 Å². The smallest absolute Gasteiger partial charge is 0.0415 e. The number of rotatable bonds is 3. The van der Waals surface area contributed by atoms with Crippen molar-refractivity contribution < 1.29 is 0 Å². The highest BCUT2D eigenvalue weighted by Gasteiger charge is 1.72. The highest BCUT2D eigenvalue weighted by Crippen LogP contribution is 1.90. The molecule has 0 saturated heterocycles. The summed E-state index contributed by atoms with van der Waals surface area (Å²) in [5.41, 5.74) is 0. The summed E-state index contributed by atoms with van der Waals surface area (Å²) < 4.78 is 0. The number of hydrogen-bond acceptors (Lipinski definition) is 2. The van der Waals surface area contributed by atoms with E-state index in [1.54, 1.807) is 11.8 Å². The highest BCUT2D eigenvalue weighted by atomic mass is 32.2. The van der Waals surface area contributed by atoms with Crippen LogP contribution in [0.15, 0.2) is 0 Å². The van der Waals surface area contributed by atoms with E-state index in [0.29, 0.717) is 0 Å². The first-order chi connectivity index (χ1) is 2.91. The second-order valence-electron chi connectivity index (χ2n) is 0.906. The van der Waals surface area contributed by atoms with Crippen LogP contribution in [0.4, 0.5) is 0 Å². The van der Waals surface area contributed by atoms with Gasteiger partial charge in [-0.05, 0) is 19.7 Å². The summed E-state index contributed by atoms with van der Waals surface area (Å²) in [6.45, 7) is 3.65. The van der Waals surface area contributed by atoms with Crippen molar-refractivity contribution in [3.8, 4) is 0 Å². The van der Waals surface area contributed by atoms with Crippen LogP contribution < -0.4 is 5.32 Å². The van der Waals surface area contributed by atoms with Crippen molar-refractivity contribution in [2.45, 2.75) is 0 Å². The molecule has 1 radical (unpaired) electrons. The fourth-order valence-corrected chi connectivity index (χ4v) is 0.523. The lowest BCUT2D eigenvalue weighted by Crippen LogP contribution is -2.02. The van der Waals surface area contributed by atoms with E-state index < -0.39 is 0 Å². The van der Waals surface area contributed by atoms with Gasteiger partial charge < -0.3 is 5.32 Å². The first-order valence-corrected chi connectivity index (χ1v) is 3.09. The van der Waals surface area contributed by atoms with Gasteiger partial charge in [-0.15, -0.1) is 11.8 Å². The molecular formula is C4H10NS. The molecule has 0 aliphatic heterocycles. The third-order valence-electron chi connectivity index (χ3n) is 0.391. The Morgan fingerprint density at radius 3 is 2.67 bits per heavy atom. The zero-order valence-corrected chi connectivity index (χ0v) is 4.85. The van der Waals surface area contributed by atoms with E-state index in [4.69, 9.17) is 0 Å². The molecule has 0 saturated carbocycles. The van der Waals surface area contributed by atoms with E-state index >= 15 is 0 Å². The second kappa shape index (κ2) is 5.31. The Kier molecular flexibility index (Phi) is 5.58. The molecule has 0 aliphatic rings. The fraction of sp³-hybridized carbons (Fsp3) is 0.750. The Balaban J connectivity index is 2.34. The van der Waals surface area contributed by atoms with E-state index in [-0.39, 0.29) is 0 Å². The van der Waals surface area contributed by atoms with Crippen molar-refractivity contribution in [3.63, 3.8) is 0 Å². The van der Waals surface area contributed by atoms with Gasteiger partial charge >= 0.3 is 0 Å². The maximum absolute atomic E-state index is 3.65. The molecule has 0 aromatic heterocycles. The first-order valence-electron chi connectivity index (χ1n) is 1.93. The summed E-state index contributed by atoms with van der Waals surface area (Å²) in [6.07, 6.45) is 0. The molecule has 0 unspecified atom stereocenters. The molecule has 0 amide bonds. The van der Waals surface area contributed by atoms with E-state index in [1.165, 1.54) is 0 Å². The fourth-order valence-electron chi connectivity index (χ4n) is 0.174. The summed E-state index contributed by atoms with van der Waals surface area (Å²) in [7, 11) is 1.93. The number of thioether (sulfide) groups is 1. The largest absolute Gasteiger partial charge is 0.311 e. The predicted octanol–water partition coefficient (Wildman–Crippen LogP) is 0.731. The van der Waals surface area contributed by atoms with Gasteiger partial charge in [-0.3, -0.25) is 0 Å². The molecule has 0 fully saturated rings. The minimum absolute atomic E-state index is 0.959. The molecule has 0 heterocycles. The molecule has 1 nitrogen and oxygen atoms in total. The third kappa shape index (κ3) is 4.31. The van der Waals surface area contributed by atoms with Gasteiger partial charge in [0.2, 0.25) is 0 Å². The van der Waals surface area contributed by atoms with Crippen molar-refractivity contribution in [1.82, 2.24) is 5.32 Å². The molecular weight excluding hydrogens is 94.1 g/mol. The number of nitrogens with one attached hydrogen (secondary N) is 1. The Labute approximate surface area is 43.5 Å². The molecule has 0 aromatic rings. The minimum atomic E-state index is 0.959. The highest BCUT2D eigenvalue weighted by molar-refractivity contribution is 7.99. The summed E-state index contributed by atoms with van der Waals surface area (Å²) in [4.78, 5) is 0. The van der Waals surface area contributed by atoms with Crippen LogP contribution in [0.3, 0.4) is 0 Å². The van der Waals surface area contributed by atoms with Crippen LogP contribution in [-0.4, -0.2) is 18.7 Å². The van der Waals surface area contributed by atoms with Crippen LogP contribution in [0.5, 0.6) is 0 Å². The number of hydrogen-bond donors (Lipinski definition) is 1. The average molecular weight is 104 g/mol. The van der Waals surface area contributed by atoms with Gasteiger partial charge in [0, 0.05) is 5.88 Å². The normalized spacial score (nSPS) is 9.00. The summed E-state index contributed by atoms with van der Waals surface area (Å²) in [5, 5.41) is 2.99. The Hall–Kier alpha value is 0.310. The molecule has 0 rings (SSSR count). The van der Waals surface area contributed by atoms with Gasteiger partial charge in [-0.25, -0.2) is 0 Å². The summed E-state index contributed by atoms with van der Waals surface area (Å²) in [5.74, 6) is 1.98. The SMILES string of the molecule is [CH2]CSCNC. The maximum atomic E-state index is 3.65. The van der Waals surface area contributed by atoms with E-state index in [9.17, 15) is 0 Å². The molecule has 0 bridgehead atoms. The Morgan fingerprint density at radius 2 is 2.50 bits per heavy atom. The minimum Gasteiger partial charge on any atom is -0.311 e.